The standard InChI is InChI=1S/C16H18N4O/c1-12-5-4-6-13(11-12)18-15(21)14-7-8-17-16(19-14)20-9-2-3-10-20/h4-8,11H,2-3,9-10H2,1H3,(H,18,21). The Morgan fingerprint density at radius 2 is 2.05 bits per heavy atom. The van der Waals surface area contributed by atoms with Crippen molar-refractivity contribution in [3.05, 3.63) is 47.8 Å². The number of aromatic nitrogens is 2. The van der Waals surface area contributed by atoms with Gasteiger partial charge in [0.1, 0.15) is 5.69 Å². The zero-order valence-electron chi connectivity index (χ0n) is 12.0. The minimum Gasteiger partial charge on any atom is -0.341 e. The number of anilines is 2. The van der Waals surface area contributed by atoms with E-state index in [9.17, 15) is 4.79 Å². The lowest BCUT2D eigenvalue weighted by Crippen LogP contribution is -2.22. The molecule has 1 saturated heterocycles. The molecule has 1 N–H and O–H groups in total. The quantitative estimate of drug-likeness (QED) is 0.940. The van der Waals surface area contributed by atoms with Gasteiger partial charge in [0.05, 0.1) is 0 Å². The average Bonchev–Trinajstić information content (AvgIpc) is 3.02. The second-order valence-corrected chi connectivity index (χ2v) is 5.26. The summed E-state index contributed by atoms with van der Waals surface area (Å²) < 4.78 is 0. The van der Waals surface area contributed by atoms with Crippen molar-refractivity contribution in [2.45, 2.75) is 19.8 Å². The summed E-state index contributed by atoms with van der Waals surface area (Å²) in [7, 11) is 0. The van der Waals surface area contributed by atoms with Crippen molar-refractivity contribution in [2.75, 3.05) is 23.3 Å². The van der Waals surface area contributed by atoms with Gasteiger partial charge < -0.3 is 10.2 Å². The van der Waals surface area contributed by atoms with Crippen LogP contribution in [0, 0.1) is 6.92 Å². The number of hydrogen-bond acceptors (Lipinski definition) is 4. The number of carbonyl (C=O) groups excluding carboxylic acids is 1. The summed E-state index contributed by atoms with van der Waals surface area (Å²) in [6.45, 7) is 3.91. The van der Waals surface area contributed by atoms with Gasteiger partial charge in [-0.3, -0.25) is 4.79 Å². The topological polar surface area (TPSA) is 58.1 Å². The van der Waals surface area contributed by atoms with Crippen LogP contribution in [0.15, 0.2) is 36.5 Å². The first-order chi connectivity index (χ1) is 10.2. The van der Waals surface area contributed by atoms with Crippen molar-refractivity contribution in [3.8, 4) is 0 Å². The SMILES string of the molecule is Cc1cccc(NC(=O)c2ccnc(N3CCCC3)n2)c1. The maximum Gasteiger partial charge on any atom is 0.274 e. The summed E-state index contributed by atoms with van der Waals surface area (Å²) in [6.07, 6.45) is 3.96. The van der Waals surface area contributed by atoms with Crippen LogP contribution in [0.2, 0.25) is 0 Å². The highest BCUT2D eigenvalue weighted by Gasteiger charge is 2.16. The molecule has 0 radical (unpaired) electrons. The molecule has 2 heterocycles. The molecule has 0 unspecified atom stereocenters. The van der Waals surface area contributed by atoms with Gasteiger partial charge in [-0.15, -0.1) is 0 Å². The van der Waals surface area contributed by atoms with Gasteiger partial charge in [-0.1, -0.05) is 12.1 Å². The molecule has 0 atom stereocenters. The monoisotopic (exact) mass is 282 g/mol. The smallest absolute Gasteiger partial charge is 0.274 e. The van der Waals surface area contributed by atoms with Crippen LogP contribution >= 0.6 is 0 Å². The van der Waals surface area contributed by atoms with Gasteiger partial charge in [0.2, 0.25) is 5.95 Å². The number of carbonyl (C=O) groups is 1. The van der Waals surface area contributed by atoms with Gasteiger partial charge in [-0.05, 0) is 43.5 Å². The van der Waals surface area contributed by atoms with Gasteiger partial charge in [-0.25, -0.2) is 9.97 Å². The first kappa shape index (κ1) is 13.5. The van der Waals surface area contributed by atoms with Crippen LogP contribution in [-0.2, 0) is 0 Å². The minimum absolute atomic E-state index is 0.205. The molecular weight excluding hydrogens is 264 g/mol. The third-order valence-electron chi connectivity index (χ3n) is 3.54. The fourth-order valence-electron chi connectivity index (χ4n) is 2.46. The number of aryl methyl sites for hydroxylation is 1. The summed E-state index contributed by atoms with van der Waals surface area (Å²) in [4.78, 5) is 23.0. The predicted molar refractivity (Wildman–Crippen MR) is 82.6 cm³/mol. The summed E-state index contributed by atoms with van der Waals surface area (Å²) in [5, 5.41) is 2.87. The number of nitrogens with zero attached hydrogens (tertiary/aromatic N) is 3. The van der Waals surface area contributed by atoms with Crippen LogP contribution in [0.1, 0.15) is 28.9 Å². The number of amides is 1. The third kappa shape index (κ3) is 3.18. The van der Waals surface area contributed by atoms with E-state index in [0.29, 0.717) is 11.6 Å². The zero-order chi connectivity index (χ0) is 14.7. The third-order valence-corrected chi connectivity index (χ3v) is 3.54. The molecule has 1 aromatic heterocycles. The molecule has 0 bridgehead atoms. The Morgan fingerprint density at radius 1 is 1.24 bits per heavy atom. The van der Waals surface area contributed by atoms with Gasteiger partial charge in [0, 0.05) is 25.0 Å². The highest BCUT2D eigenvalue weighted by atomic mass is 16.1. The molecule has 1 aliphatic heterocycles. The van der Waals surface area contributed by atoms with Crippen molar-refractivity contribution >= 4 is 17.5 Å². The van der Waals surface area contributed by atoms with Crippen LogP contribution in [0.4, 0.5) is 11.6 Å². The molecule has 108 valence electrons. The van der Waals surface area contributed by atoms with E-state index in [-0.39, 0.29) is 5.91 Å². The van der Waals surface area contributed by atoms with Gasteiger partial charge in [0.15, 0.2) is 0 Å². The van der Waals surface area contributed by atoms with Crippen molar-refractivity contribution < 1.29 is 4.79 Å². The lowest BCUT2D eigenvalue weighted by molar-refractivity contribution is 0.102. The number of hydrogen-bond donors (Lipinski definition) is 1. The van der Waals surface area contributed by atoms with Gasteiger partial charge in [0.25, 0.3) is 5.91 Å². The summed E-state index contributed by atoms with van der Waals surface area (Å²) >= 11 is 0. The average molecular weight is 282 g/mol. The Kier molecular flexibility index (Phi) is 3.81. The lowest BCUT2D eigenvalue weighted by Gasteiger charge is -2.15. The first-order valence-electron chi connectivity index (χ1n) is 7.18. The predicted octanol–water partition coefficient (Wildman–Crippen LogP) is 2.64. The van der Waals surface area contributed by atoms with Crippen molar-refractivity contribution in [2.24, 2.45) is 0 Å². The molecule has 3 rings (SSSR count). The van der Waals surface area contributed by atoms with Gasteiger partial charge >= 0.3 is 0 Å². The highest BCUT2D eigenvalue weighted by Crippen LogP contribution is 2.16. The molecule has 1 amide bonds. The zero-order valence-corrected chi connectivity index (χ0v) is 12.0. The molecular formula is C16H18N4O. The molecule has 1 aliphatic rings. The highest BCUT2D eigenvalue weighted by molar-refractivity contribution is 6.03. The maximum absolute atomic E-state index is 12.3. The Bertz CT molecular complexity index is 650. The van der Waals surface area contributed by atoms with E-state index in [1.165, 1.54) is 0 Å². The summed E-state index contributed by atoms with van der Waals surface area (Å²) in [6, 6.07) is 9.35. The second kappa shape index (κ2) is 5.91. The molecule has 0 saturated carbocycles. The van der Waals surface area contributed by atoms with Crippen LogP contribution in [0.5, 0.6) is 0 Å². The fraction of sp³-hybridized carbons (Fsp3) is 0.312. The molecule has 2 aromatic rings. The van der Waals surface area contributed by atoms with E-state index in [1.54, 1.807) is 12.3 Å². The van der Waals surface area contributed by atoms with Crippen LogP contribution in [0.3, 0.4) is 0 Å². The summed E-state index contributed by atoms with van der Waals surface area (Å²) in [5.74, 6) is 0.438. The molecule has 0 spiro atoms. The van der Waals surface area contributed by atoms with Crippen LogP contribution in [-0.4, -0.2) is 29.0 Å². The Labute approximate surface area is 124 Å². The number of nitrogens with one attached hydrogen (secondary N) is 1. The van der Waals surface area contributed by atoms with Crippen LogP contribution < -0.4 is 10.2 Å². The molecule has 21 heavy (non-hydrogen) atoms. The van der Waals surface area contributed by atoms with Gasteiger partial charge in [-0.2, -0.15) is 0 Å². The minimum atomic E-state index is -0.205. The Balaban J connectivity index is 1.76. The lowest BCUT2D eigenvalue weighted by atomic mass is 10.2. The molecule has 0 aliphatic carbocycles. The largest absolute Gasteiger partial charge is 0.341 e. The van der Waals surface area contributed by atoms with Crippen molar-refractivity contribution in [3.63, 3.8) is 0 Å². The van der Waals surface area contributed by atoms with E-state index in [0.717, 1.165) is 37.2 Å². The Hall–Kier alpha value is -2.43. The second-order valence-electron chi connectivity index (χ2n) is 5.26. The van der Waals surface area contributed by atoms with E-state index in [2.05, 4.69) is 20.2 Å². The first-order valence-corrected chi connectivity index (χ1v) is 7.18. The van der Waals surface area contributed by atoms with E-state index in [1.807, 2.05) is 31.2 Å². The summed E-state index contributed by atoms with van der Waals surface area (Å²) in [5.41, 5.74) is 2.28. The van der Waals surface area contributed by atoms with E-state index >= 15 is 0 Å². The molecule has 5 heteroatoms. The Morgan fingerprint density at radius 3 is 2.81 bits per heavy atom. The van der Waals surface area contributed by atoms with E-state index < -0.39 is 0 Å². The van der Waals surface area contributed by atoms with Crippen LogP contribution in [0.25, 0.3) is 0 Å². The fourth-order valence-corrected chi connectivity index (χ4v) is 2.46. The number of benzene rings is 1. The normalized spacial score (nSPS) is 14.2. The van der Waals surface area contributed by atoms with Crippen molar-refractivity contribution in [1.29, 1.82) is 0 Å². The van der Waals surface area contributed by atoms with Crippen molar-refractivity contribution in [1.82, 2.24) is 9.97 Å². The molecule has 5 nitrogen and oxygen atoms in total. The van der Waals surface area contributed by atoms with E-state index in [4.69, 9.17) is 0 Å². The maximum atomic E-state index is 12.3. The molecule has 1 aromatic carbocycles. The number of rotatable bonds is 3. The molecule has 1 fully saturated rings.